The molecule has 4 aromatic heterocycles. The zero-order valence-corrected chi connectivity index (χ0v) is 17.4. The molecule has 2 bridgehead atoms. The molecular formula is C22H22FN7O2. The summed E-state index contributed by atoms with van der Waals surface area (Å²) in [6, 6.07) is 3.08. The van der Waals surface area contributed by atoms with Crippen molar-refractivity contribution in [1.29, 1.82) is 0 Å². The summed E-state index contributed by atoms with van der Waals surface area (Å²) in [5.74, 6) is -0.279. The fourth-order valence-electron chi connectivity index (χ4n) is 5.57. The van der Waals surface area contributed by atoms with E-state index in [9.17, 15) is 14.3 Å². The van der Waals surface area contributed by atoms with Gasteiger partial charge in [0.1, 0.15) is 23.0 Å². The van der Waals surface area contributed by atoms with E-state index in [1.54, 1.807) is 0 Å². The molecule has 3 saturated carbocycles. The number of fused-ring (bicyclic) bond motifs is 5. The van der Waals surface area contributed by atoms with E-state index in [0.29, 0.717) is 39.9 Å². The smallest absolute Gasteiger partial charge is 0.308 e. The predicted octanol–water partition coefficient (Wildman–Crippen LogP) is 3.35. The predicted molar refractivity (Wildman–Crippen MR) is 115 cm³/mol. The SMILES string of the molecule is Cn1ccc2c(NC3C4CCC(CC4)C3C(=O)O)nc(-c3n[nH]c4ncc(F)cc34)nc21. The standard InChI is InChI=1S/C22H22FN7O2/c1-30-7-6-13-19(25-16-11-4-2-10(3-5-11)15(16)22(31)32)26-20(27-21(13)30)17-14-8-12(23)9-24-18(14)29-28-17/h6-11,15-16H,2-5H2,1H3,(H,31,32)(H,24,28,29)(H,25,26,27). The van der Waals surface area contributed by atoms with Crippen LogP contribution >= 0.6 is 0 Å². The van der Waals surface area contributed by atoms with Crippen molar-refractivity contribution < 1.29 is 14.3 Å². The van der Waals surface area contributed by atoms with E-state index < -0.39 is 17.7 Å². The van der Waals surface area contributed by atoms with Gasteiger partial charge in [-0.1, -0.05) is 0 Å². The fourth-order valence-corrected chi connectivity index (χ4v) is 5.57. The summed E-state index contributed by atoms with van der Waals surface area (Å²) in [5, 5.41) is 21.8. The maximum Gasteiger partial charge on any atom is 0.308 e. The van der Waals surface area contributed by atoms with Gasteiger partial charge in [-0.3, -0.25) is 9.89 Å². The Bertz CT molecular complexity index is 1360. The molecule has 3 aliphatic carbocycles. The highest BCUT2D eigenvalue weighted by Gasteiger charge is 2.47. The van der Waals surface area contributed by atoms with Crippen LogP contribution in [0.5, 0.6) is 0 Å². The number of hydrogen-bond acceptors (Lipinski definition) is 6. The zero-order chi connectivity index (χ0) is 22.0. The number of aromatic nitrogens is 6. The first kappa shape index (κ1) is 19.1. The molecule has 0 amide bonds. The second-order valence-electron chi connectivity index (χ2n) is 8.89. The zero-order valence-electron chi connectivity index (χ0n) is 17.4. The molecule has 0 radical (unpaired) electrons. The van der Waals surface area contributed by atoms with Crippen molar-refractivity contribution in [2.75, 3.05) is 5.32 Å². The molecular weight excluding hydrogens is 413 g/mol. The van der Waals surface area contributed by atoms with Gasteiger partial charge in [-0.05, 0) is 49.7 Å². The molecule has 3 aliphatic rings. The molecule has 7 rings (SSSR count). The van der Waals surface area contributed by atoms with E-state index in [1.807, 2.05) is 23.9 Å². The average Bonchev–Trinajstić information content (AvgIpc) is 3.37. The minimum Gasteiger partial charge on any atom is -0.481 e. The molecule has 0 spiro atoms. The number of pyridine rings is 1. The molecule has 2 unspecified atom stereocenters. The van der Waals surface area contributed by atoms with Gasteiger partial charge in [0, 0.05) is 19.3 Å². The summed E-state index contributed by atoms with van der Waals surface area (Å²) in [6.07, 6.45) is 7.00. The molecule has 2 atom stereocenters. The Morgan fingerprint density at radius 1 is 1.22 bits per heavy atom. The first-order chi connectivity index (χ1) is 15.5. The number of rotatable bonds is 4. The van der Waals surface area contributed by atoms with Crippen molar-refractivity contribution in [2.45, 2.75) is 31.7 Å². The van der Waals surface area contributed by atoms with Crippen molar-refractivity contribution in [3.63, 3.8) is 0 Å². The molecule has 9 nitrogen and oxygen atoms in total. The molecule has 3 fully saturated rings. The molecule has 4 heterocycles. The first-order valence-corrected chi connectivity index (χ1v) is 10.8. The lowest BCUT2D eigenvalue weighted by Crippen LogP contribution is -2.51. The normalized spacial score (nSPS) is 24.9. The van der Waals surface area contributed by atoms with Crippen molar-refractivity contribution in [3.05, 3.63) is 30.3 Å². The number of hydrogen-bond donors (Lipinski definition) is 3. The van der Waals surface area contributed by atoms with Gasteiger partial charge in [-0.25, -0.2) is 19.3 Å². The number of aryl methyl sites for hydroxylation is 1. The maximum atomic E-state index is 13.9. The lowest BCUT2D eigenvalue weighted by atomic mass is 9.61. The number of nitrogens with one attached hydrogen (secondary N) is 2. The van der Waals surface area contributed by atoms with Gasteiger partial charge in [0.2, 0.25) is 0 Å². The summed E-state index contributed by atoms with van der Waals surface area (Å²) in [5.41, 5.74) is 1.53. The summed E-state index contributed by atoms with van der Waals surface area (Å²) >= 11 is 0. The highest BCUT2D eigenvalue weighted by atomic mass is 19.1. The van der Waals surface area contributed by atoms with Crippen molar-refractivity contribution in [3.8, 4) is 11.5 Å². The second kappa shape index (κ2) is 6.98. The number of halogens is 1. The van der Waals surface area contributed by atoms with Crippen LogP contribution in [0.1, 0.15) is 25.7 Å². The molecule has 164 valence electrons. The van der Waals surface area contributed by atoms with Crippen LogP contribution in [0.4, 0.5) is 10.2 Å². The van der Waals surface area contributed by atoms with Crippen LogP contribution in [-0.4, -0.2) is 46.8 Å². The monoisotopic (exact) mass is 435 g/mol. The Morgan fingerprint density at radius 2 is 2.00 bits per heavy atom. The Morgan fingerprint density at radius 3 is 2.78 bits per heavy atom. The van der Waals surface area contributed by atoms with Gasteiger partial charge in [0.25, 0.3) is 0 Å². The Balaban J connectivity index is 1.48. The minimum atomic E-state index is -0.754. The van der Waals surface area contributed by atoms with Crippen molar-refractivity contribution in [1.82, 2.24) is 29.7 Å². The highest BCUT2D eigenvalue weighted by Crippen LogP contribution is 2.46. The molecule has 0 aliphatic heterocycles. The summed E-state index contributed by atoms with van der Waals surface area (Å²) in [6.45, 7) is 0. The number of aliphatic carboxylic acids is 1. The van der Waals surface area contributed by atoms with Gasteiger partial charge >= 0.3 is 5.97 Å². The third-order valence-electron chi connectivity index (χ3n) is 7.13. The van der Waals surface area contributed by atoms with Crippen LogP contribution in [0.15, 0.2) is 24.5 Å². The molecule has 0 saturated heterocycles. The number of anilines is 1. The van der Waals surface area contributed by atoms with E-state index in [1.165, 1.54) is 6.07 Å². The number of carbonyl (C=O) groups is 1. The van der Waals surface area contributed by atoms with E-state index >= 15 is 0 Å². The van der Waals surface area contributed by atoms with Crippen molar-refractivity contribution in [2.24, 2.45) is 24.8 Å². The van der Waals surface area contributed by atoms with Gasteiger partial charge in [-0.2, -0.15) is 5.10 Å². The second-order valence-corrected chi connectivity index (χ2v) is 8.89. The summed E-state index contributed by atoms with van der Waals surface area (Å²) in [4.78, 5) is 25.6. The molecule has 3 N–H and O–H groups in total. The van der Waals surface area contributed by atoms with Crippen LogP contribution < -0.4 is 5.32 Å². The molecule has 32 heavy (non-hydrogen) atoms. The van der Waals surface area contributed by atoms with Gasteiger partial charge < -0.3 is 15.0 Å². The van der Waals surface area contributed by atoms with Crippen molar-refractivity contribution >= 4 is 33.9 Å². The van der Waals surface area contributed by atoms with Crippen LogP contribution in [0.25, 0.3) is 33.6 Å². The highest BCUT2D eigenvalue weighted by molar-refractivity contribution is 5.93. The largest absolute Gasteiger partial charge is 0.481 e. The minimum absolute atomic E-state index is 0.187. The summed E-state index contributed by atoms with van der Waals surface area (Å²) in [7, 11) is 1.88. The van der Waals surface area contributed by atoms with E-state index in [0.717, 1.165) is 37.3 Å². The molecule has 0 aromatic carbocycles. The van der Waals surface area contributed by atoms with Crippen LogP contribution in [0.2, 0.25) is 0 Å². The number of carboxylic acid groups (broad SMARTS) is 1. The third-order valence-corrected chi connectivity index (χ3v) is 7.13. The topological polar surface area (TPSA) is 122 Å². The quantitative estimate of drug-likeness (QED) is 0.449. The van der Waals surface area contributed by atoms with Crippen LogP contribution in [-0.2, 0) is 11.8 Å². The fraction of sp³-hybridized carbons (Fsp3) is 0.409. The average molecular weight is 435 g/mol. The van der Waals surface area contributed by atoms with Gasteiger partial charge in [0.05, 0.1) is 22.9 Å². The Hall–Kier alpha value is -3.56. The van der Waals surface area contributed by atoms with Crippen LogP contribution in [0.3, 0.4) is 0 Å². The number of carboxylic acids is 1. The maximum absolute atomic E-state index is 13.9. The van der Waals surface area contributed by atoms with Gasteiger partial charge in [0.15, 0.2) is 11.5 Å². The first-order valence-electron chi connectivity index (χ1n) is 10.8. The Kier molecular flexibility index (Phi) is 4.17. The molecule has 4 aromatic rings. The number of aromatic amines is 1. The lowest BCUT2D eigenvalue weighted by molar-refractivity contribution is -0.148. The number of nitrogens with zero attached hydrogens (tertiary/aromatic N) is 5. The van der Waals surface area contributed by atoms with E-state index in [-0.39, 0.29) is 12.0 Å². The van der Waals surface area contributed by atoms with E-state index in [2.05, 4.69) is 25.5 Å². The van der Waals surface area contributed by atoms with Gasteiger partial charge in [-0.15, -0.1) is 0 Å². The molecule has 10 heteroatoms. The third kappa shape index (κ3) is 2.85. The Labute approximate surface area is 182 Å². The summed E-state index contributed by atoms with van der Waals surface area (Å²) < 4.78 is 15.7. The van der Waals surface area contributed by atoms with E-state index in [4.69, 9.17) is 4.98 Å². The number of H-pyrrole nitrogens is 1. The lowest BCUT2D eigenvalue weighted by Gasteiger charge is -2.47. The van der Waals surface area contributed by atoms with Crippen LogP contribution in [0, 0.1) is 23.6 Å².